The number of carbonyl (C=O) groups excluding carboxylic acids is 6. The van der Waals surface area contributed by atoms with E-state index in [0.29, 0.717) is 24.5 Å². The van der Waals surface area contributed by atoms with E-state index in [4.69, 9.17) is 9.57 Å². The average Bonchev–Trinajstić information content (AvgIpc) is 0.782. The lowest BCUT2D eigenvalue weighted by Gasteiger charge is -2.22. The number of carboxylic acid groups (broad SMARTS) is 12. The third-order valence-electron chi connectivity index (χ3n) is 12.5. The van der Waals surface area contributed by atoms with Crippen molar-refractivity contribution in [3.8, 4) is 6.07 Å². The van der Waals surface area contributed by atoms with E-state index in [1.807, 2.05) is 6.92 Å². The van der Waals surface area contributed by atoms with Crippen molar-refractivity contribution in [1.29, 1.82) is 5.26 Å². The fourth-order valence-electron chi connectivity index (χ4n) is 8.97. The molecule has 0 radical (unpaired) electrons. The van der Waals surface area contributed by atoms with E-state index in [1.165, 1.54) is 6.07 Å². The van der Waals surface area contributed by atoms with Gasteiger partial charge in [-0.1, -0.05) is 58.3 Å². The normalized spacial score (nSPS) is 10.9. The Hall–Kier alpha value is -12.8. The minimum absolute atomic E-state index is 0.168. The van der Waals surface area contributed by atoms with E-state index < -0.39 is 214 Å². The Labute approximate surface area is 496 Å². The monoisotopic (exact) mass is 1260 g/mol. The lowest BCUT2D eigenvalue weighted by atomic mass is 9.85. The second kappa shape index (κ2) is 28.9. The summed E-state index contributed by atoms with van der Waals surface area (Å²) in [6.07, 6.45) is 6.10. The Morgan fingerprint density at radius 1 is 0.378 bits per heavy atom. The highest BCUT2D eigenvalue weighted by atomic mass is 16.7. The number of aromatic carboxylic acids is 12. The zero-order valence-corrected chi connectivity index (χ0v) is 45.5. The number of benzene rings is 3. The highest BCUT2D eigenvalue weighted by molar-refractivity contribution is 6.29. The summed E-state index contributed by atoms with van der Waals surface area (Å²) in [6.45, 7) is 2.71. The molecule has 1 unspecified atom stereocenters. The van der Waals surface area contributed by atoms with Gasteiger partial charge in [-0.05, 0) is 13.3 Å². The summed E-state index contributed by atoms with van der Waals surface area (Å²) >= 11 is 0. The zero-order valence-electron chi connectivity index (χ0n) is 45.5. The number of carboxylic acids is 12. The molecule has 1 heterocycles. The van der Waals surface area contributed by atoms with Gasteiger partial charge in [0.1, 0.15) is 11.9 Å². The summed E-state index contributed by atoms with van der Waals surface area (Å²) in [4.78, 5) is 250. The number of hydrogen-bond donors (Lipinski definition) is 12. The maximum atomic E-state index is 15.0. The summed E-state index contributed by atoms with van der Waals surface area (Å²) in [5.74, 6) is -51.8. The van der Waals surface area contributed by atoms with Gasteiger partial charge < -0.3 is 80.3 Å². The van der Waals surface area contributed by atoms with Crippen LogP contribution in [0.3, 0.4) is 0 Å². The predicted octanol–water partition coefficient (Wildman–Crippen LogP) is 3.67. The number of imidazole rings is 1. The molecular weight excluding hydrogens is 1220 g/mol. The molecule has 90 heavy (non-hydrogen) atoms. The Bertz CT molecular complexity index is 3840. The van der Waals surface area contributed by atoms with E-state index in [2.05, 4.69) is 14.5 Å². The molecule has 0 aliphatic rings. The number of aryl methyl sites for hydroxylation is 1. The van der Waals surface area contributed by atoms with Gasteiger partial charge in [-0.15, -0.1) is 0 Å². The quantitative estimate of drug-likeness (QED) is 0.0153. The smallest absolute Gasteiger partial charge is 0.365 e. The largest absolute Gasteiger partial charge is 0.478 e. The molecule has 12 N–H and O–H groups in total. The number of carbonyl (C=O) groups is 18. The Kier molecular flexibility index (Phi) is 22.4. The topological polar surface area (TPSA) is 629 Å². The van der Waals surface area contributed by atoms with Crippen molar-refractivity contribution < 1.29 is 167 Å². The number of nitrogens with zero attached hydrogens (tertiary/aromatic N) is 3. The zero-order chi connectivity index (χ0) is 68.2. The van der Waals surface area contributed by atoms with Gasteiger partial charge in [0.25, 0.3) is 0 Å². The molecule has 4 aromatic rings. The first kappa shape index (κ1) is 69.7. The summed E-state index contributed by atoms with van der Waals surface area (Å²) in [6, 6.07) is 1.27. The van der Waals surface area contributed by atoms with E-state index in [9.17, 15) is 148 Å². The van der Waals surface area contributed by atoms with Crippen LogP contribution in [0.5, 0.6) is 0 Å². The Morgan fingerprint density at radius 2 is 0.611 bits per heavy atom. The Balaban J connectivity index is 2.35. The highest BCUT2D eigenvalue weighted by Crippen LogP contribution is 2.37. The molecule has 0 spiro atoms. The van der Waals surface area contributed by atoms with Crippen LogP contribution in [0.15, 0.2) is 12.4 Å². The summed E-state index contributed by atoms with van der Waals surface area (Å²) in [5, 5.41) is 132. The van der Waals surface area contributed by atoms with Crippen molar-refractivity contribution in [3.63, 3.8) is 0 Å². The van der Waals surface area contributed by atoms with Gasteiger partial charge in [0.2, 0.25) is 0 Å². The molecule has 1 aromatic heterocycles. The van der Waals surface area contributed by atoms with Crippen LogP contribution < -0.4 is 4.84 Å². The molecule has 0 amide bonds. The van der Waals surface area contributed by atoms with Gasteiger partial charge in [-0.25, -0.2) is 91.3 Å². The molecule has 1 atom stereocenters. The van der Waals surface area contributed by atoms with Gasteiger partial charge in [0.15, 0.2) is 6.10 Å². The van der Waals surface area contributed by atoms with Crippen molar-refractivity contribution in [2.24, 2.45) is 0 Å². The second-order valence-corrected chi connectivity index (χ2v) is 18.1. The molecular formula is C53H41N3O34. The van der Waals surface area contributed by atoms with Gasteiger partial charge >= 0.3 is 107 Å². The highest BCUT2D eigenvalue weighted by Gasteiger charge is 2.48. The van der Waals surface area contributed by atoms with E-state index in [1.54, 1.807) is 0 Å². The fraction of sp³-hybridized carbons (Fsp3) is 0.245. The molecule has 472 valence electrons. The number of esters is 5. The molecule has 0 aliphatic carbocycles. The van der Waals surface area contributed by atoms with Crippen molar-refractivity contribution >= 4 is 107 Å². The third-order valence-corrected chi connectivity index (χ3v) is 12.5. The van der Waals surface area contributed by atoms with Crippen molar-refractivity contribution in [2.45, 2.75) is 84.2 Å². The summed E-state index contributed by atoms with van der Waals surface area (Å²) in [7, 11) is 0. The van der Waals surface area contributed by atoms with E-state index in [0.717, 1.165) is 50.9 Å². The summed E-state index contributed by atoms with van der Waals surface area (Å²) in [5.41, 5.74) is -42.7. The molecule has 3 aromatic carbocycles. The predicted molar refractivity (Wildman–Crippen MR) is 277 cm³/mol. The van der Waals surface area contributed by atoms with Crippen LogP contribution in [0.1, 0.15) is 264 Å². The van der Waals surface area contributed by atoms with Crippen LogP contribution in [0, 0.1) is 11.3 Å². The van der Waals surface area contributed by atoms with Gasteiger partial charge in [-0.3, -0.25) is 0 Å². The molecule has 0 fully saturated rings. The molecule has 4 rings (SSSR count). The summed E-state index contributed by atoms with van der Waals surface area (Å²) < 4.78 is 14.2. The van der Waals surface area contributed by atoms with E-state index in [-0.39, 0.29) is 18.7 Å². The second-order valence-electron chi connectivity index (χ2n) is 18.1. The van der Waals surface area contributed by atoms with Crippen molar-refractivity contribution in [3.05, 3.63) is 118 Å². The number of nitriles is 1. The van der Waals surface area contributed by atoms with Crippen LogP contribution in [-0.2, 0) is 20.6 Å². The number of rotatable bonds is 30. The molecule has 37 heteroatoms. The van der Waals surface area contributed by atoms with Gasteiger partial charge in [0.05, 0.1) is 106 Å². The van der Waals surface area contributed by atoms with Crippen LogP contribution >= 0.6 is 0 Å². The van der Waals surface area contributed by atoms with Crippen LogP contribution in [-0.4, -0.2) is 185 Å². The van der Waals surface area contributed by atoms with Crippen molar-refractivity contribution in [1.82, 2.24) is 9.71 Å². The lowest BCUT2D eigenvalue weighted by Crippen LogP contribution is -2.35. The number of ether oxygens (including phenoxy) is 3. The minimum atomic E-state index is -3.17. The number of unbranched alkanes of at least 4 members (excludes halogenated alkanes) is 8. The number of aromatic nitrogens is 2. The minimum Gasteiger partial charge on any atom is -0.478 e. The van der Waals surface area contributed by atoms with Gasteiger partial charge in [0, 0.05) is 12.6 Å². The first-order chi connectivity index (χ1) is 42.0. The molecule has 0 aliphatic heterocycles. The fourth-order valence-corrected chi connectivity index (χ4v) is 8.97. The first-order valence-electron chi connectivity index (χ1n) is 24.9. The SMILES string of the molecule is CCCCCCCCCCCc1nccn1OC(=O)c1c(C(=O)OC(C)C#N)c(C(=O)O)c(C(=O)O)c(C(=O)OC(=O)c2c(C(=O)O)c(C(=O)O)c(C(=O)O)c(C(=O)O)c2C(=O)O)c1C(=O)OC(=O)c1c(C(=O)O)c(C(=O)O)c(C(=O)O)c(C(=O)O)c1C(=O)O. The standard InChI is InChI=1S/C53H41N3O34/c1-3-4-5-6-7-8-9-10-11-12-17-55-13-14-56(17)90-53(86)35-33(48(81)87-16(2)15-54)29(47(79)80)28(46(77)78)32(51(84)88-49(82)30-24(42(69)70)20(38(61)62)18(36(57)58)21(39(63)64)25(30)43(71)72)34(35)52(85)89-50(83)31-26(44(73)74)22(40(65)66)19(37(59)60)23(41(67)68)27(31)45(75)76/h13-14,16H,3-12H2,1-2H3,(H,57,58)(H,59,60)(H,61,62)(H,63,64)(H,65,66)(H,67,68)(H,69,70)(H,71,72)(H,73,74)(H,75,76)(H,77,78)(H,79,80). The maximum Gasteiger partial charge on any atom is 0.365 e. The molecule has 37 nitrogen and oxygen atoms in total. The van der Waals surface area contributed by atoms with Crippen LogP contribution in [0.4, 0.5) is 0 Å². The Morgan fingerprint density at radius 3 is 0.889 bits per heavy atom. The molecule has 0 saturated carbocycles. The maximum absolute atomic E-state index is 15.0. The first-order valence-corrected chi connectivity index (χ1v) is 24.9. The molecule has 0 bridgehead atoms. The molecule has 0 saturated heterocycles. The third kappa shape index (κ3) is 14.3. The van der Waals surface area contributed by atoms with Gasteiger partial charge in [-0.2, -0.15) is 9.99 Å². The lowest BCUT2D eigenvalue weighted by molar-refractivity contribution is 0.0334. The van der Waals surface area contributed by atoms with Crippen molar-refractivity contribution in [2.75, 3.05) is 0 Å². The average molecular weight is 1260 g/mol. The van der Waals surface area contributed by atoms with Crippen LogP contribution in [0.25, 0.3) is 0 Å². The number of hydrogen-bond acceptors (Lipinski definition) is 24. The van der Waals surface area contributed by atoms with Crippen LogP contribution in [0.2, 0.25) is 0 Å². The van der Waals surface area contributed by atoms with E-state index >= 15 is 4.79 Å².